The molecule has 1 atom stereocenters. The lowest BCUT2D eigenvalue weighted by molar-refractivity contribution is -0.140. The minimum atomic E-state index is -4.42. The second-order valence-corrected chi connectivity index (χ2v) is 6.48. The van der Waals surface area contributed by atoms with Crippen molar-refractivity contribution in [2.45, 2.75) is 39.5 Å². The number of guanidine groups is 1. The molecule has 1 heterocycles. The number of thiazole rings is 1. The summed E-state index contributed by atoms with van der Waals surface area (Å²) in [5, 5.41) is 7.72. The second kappa shape index (κ2) is 8.33. The maximum Gasteiger partial charge on any atom is 0.434 e. The van der Waals surface area contributed by atoms with Gasteiger partial charge in [-0.05, 0) is 31.9 Å². The number of rotatable bonds is 5. The number of halogens is 3. The van der Waals surface area contributed by atoms with E-state index >= 15 is 0 Å². The molecule has 0 amide bonds. The van der Waals surface area contributed by atoms with E-state index in [0.29, 0.717) is 17.5 Å². The molecule has 2 rings (SSSR count). The lowest BCUT2D eigenvalue weighted by Crippen LogP contribution is -2.38. The smallest absolute Gasteiger partial charge is 0.357 e. The Labute approximate surface area is 149 Å². The minimum absolute atomic E-state index is 0.0148. The number of nitrogens with one attached hydrogen (secondary N) is 2. The van der Waals surface area contributed by atoms with Crippen LogP contribution in [0.25, 0.3) is 0 Å². The third kappa shape index (κ3) is 5.45. The van der Waals surface area contributed by atoms with Crippen molar-refractivity contribution in [2.24, 2.45) is 4.99 Å². The molecule has 0 aliphatic heterocycles. The lowest BCUT2D eigenvalue weighted by atomic mass is 10.0. The summed E-state index contributed by atoms with van der Waals surface area (Å²) in [7, 11) is 0. The van der Waals surface area contributed by atoms with Gasteiger partial charge < -0.3 is 10.6 Å². The highest BCUT2D eigenvalue weighted by Crippen LogP contribution is 2.30. The summed E-state index contributed by atoms with van der Waals surface area (Å²) in [6, 6.07) is 8.03. The van der Waals surface area contributed by atoms with Gasteiger partial charge >= 0.3 is 6.18 Å². The van der Waals surface area contributed by atoms with Crippen LogP contribution in [-0.4, -0.2) is 17.5 Å². The van der Waals surface area contributed by atoms with Crippen molar-refractivity contribution in [3.8, 4) is 0 Å². The summed E-state index contributed by atoms with van der Waals surface area (Å²) in [5.41, 5.74) is 1.43. The Balaban J connectivity index is 2.08. The van der Waals surface area contributed by atoms with E-state index in [-0.39, 0.29) is 12.6 Å². The summed E-state index contributed by atoms with van der Waals surface area (Å²) in [6.45, 7) is 6.72. The number of alkyl halides is 3. The zero-order valence-electron chi connectivity index (χ0n) is 14.3. The predicted octanol–water partition coefficient (Wildman–Crippen LogP) is 4.29. The van der Waals surface area contributed by atoms with Crippen molar-refractivity contribution in [3.63, 3.8) is 0 Å². The topological polar surface area (TPSA) is 49.3 Å². The van der Waals surface area contributed by atoms with E-state index in [9.17, 15) is 13.2 Å². The molecule has 136 valence electrons. The fourth-order valence-electron chi connectivity index (χ4n) is 2.34. The van der Waals surface area contributed by atoms with E-state index in [4.69, 9.17) is 0 Å². The highest BCUT2D eigenvalue weighted by atomic mass is 32.1. The van der Waals surface area contributed by atoms with Gasteiger partial charge in [0.05, 0.1) is 12.6 Å². The second-order valence-electron chi connectivity index (χ2n) is 5.54. The monoisotopic (exact) mass is 370 g/mol. The molecule has 0 bridgehead atoms. The highest BCUT2D eigenvalue weighted by molar-refractivity contribution is 7.09. The predicted molar refractivity (Wildman–Crippen MR) is 94.7 cm³/mol. The Hall–Kier alpha value is -2.09. The molecule has 0 fully saturated rings. The van der Waals surface area contributed by atoms with E-state index in [1.807, 2.05) is 45.0 Å². The summed E-state index contributed by atoms with van der Waals surface area (Å²) in [5.74, 6) is 0.544. The highest BCUT2D eigenvalue weighted by Gasteiger charge is 2.33. The molecule has 0 saturated heterocycles. The van der Waals surface area contributed by atoms with E-state index in [0.717, 1.165) is 27.8 Å². The van der Waals surface area contributed by atoms with E-state index in [2.05, 4.69) is 20.6 Å². The summed E-state index contributed by atoms with van der Waals surface area (Å²) < 4.78 is 37.8. The molecule has 1 aromatic heterocycles. The third-order valence-electron chi connectivity index (χ3n) is 3.57. The van der Waals surface area contributed by atoms with Crippen LogP contribution in [0.4, 0.5) is 13.2 Å². The summed E-state index contributed by atoms with van der Waals surface area (Å²) in [4.78, 5) is 7.95. The van der Waals surface area contributed by atoms with Gasteiger partial charge in [0.2, 0.25) is 0 Å². The van der Waals surface area contributed by atoms with Gasteiger partial charge in [-0.25, -0.2) is 9.98 Å². The standard InChI is InChI=1S/C17H21F3N4S/c1-4-21-16(23-12(3)13-8-6-5-7-11(13)2)22-9-15-24-14(10-25-15)17(18,19)20/h5-8,10,12H,4,9H2,1-3H3,(H2,21,22,23). The Morgan fingerprint density at radius 3 is 2.64 bits per heavy atom. The number of hydrogen-bond acceptors (Lipinski definition) is 3. The SMILES string of the molecule is CCNC(=NCc1nc(C(F)(F)F)cs1)NC(C)c1ccccc1C. The Bertz CT molecular complexity index is 725. The number of hydrogen-bond donors (Lipinski definition) is 2. The van der Waals surface area contributed by atoms with Gasteiger partial charge in [0.25, 0.3) is 0 Å². The molecule has 0 aliphatic rings. The summed E-state index contributed by atoms with van der Waals surface area (Å²) in [6.07, 6.45) is -4.42. The Kier molecular flexibility index (Phi) is 6.41. The average Bonchev–Trinajstić information content (AvgIpc) is 3.02. The van der Waals surface area contributed by atoms with Crippen molar-refractivity contribution in [1.29, 1.82) is 0 Å². The lowest BCUT2D eigenvalue weighted by Gasteiger charge is -2.19. The quantitative estimate of drug-likeness (QED) is 0.610. The van der Waals surface area contributed by atoms with Crippen molar-refractivity contribution in [2.75, 3.05) is 6.54 Å². The average molecular weight is 370 g/mol. The molecular formula is C17H21F3N4S. The molecule has 2 aromatic rings. The van der Waals surface area contributed by atoms with Crippen LogP contribution >= 0.6 is 11.3 Å². The maximum atomic E-state index is 12.6. The molecule has 2 N–H and O–H groups in total. The third-order valence-corrected chi connectivity index (χ3v) is 4.40. The van der Waals surface area contributed by atoms with E-state index in [1.54, 1.807) is 0 Å². The Morgan fingerprint density at radius 1 is 1.32 bits per heavy atom. The number of benzene rings is 1. The van der Waals surface area contributed by atoms with Gasteiger partial charge in [-0.2, -0.15) is 13.2 Å². The van der Waals surface area contributed by atoms with Crippen LogP contribution in [0, 0.1) is 6.92 Å². The number of aryl methyl sites for hydroxylation is 1. The maximum absolute atomic E-state index is 12.6. The van der Waals surface area contributed by atoms with Crippen molar-refractivity contribution >= 4 is 17.3 Å². The molecule has 0 spiro atoms. The first-order valence-electron chi connectivity index (χ1n) is 7.93. The van der Waals surface area contributed by atoms with Crippen molar-refractivity contribution in [1.82, 2.24) is 15.6 Å². The Morgan fingerprint density at radius 2 is 2.04 bits per heavy atom. The molecular weight excluding hydrogens is 349 g/mol. The van der Waals surface area contributed by atoms with Gasteiger partial charge in [-0.15, -0.1) is 11.3 Å². The number of nitrogens with zero attached hydrogens (tertiary/aromatic N) is 2. The zero-order valence-corrected chi connectivity index (χ0v) is 15.1. The molecule has 8 heteroatoms. The van der Waals surface area contributed by atoms with Crippen molar-refractivity contribution in [3.05, 3.63) is 51.5 Å². The first-order chi connectivity index (χ1) is 11.8. The molecule has 1 unspecified atom stereocenters. The van der Waals surface area contributed by atoms with Crippen molar-refractivity contribution < 1.29 is 13.2 Å². The van der Waals surface area contributed by atoms with Crippen LogP contribution < -0.4 is 10.6 Å². The fraction of sp³-hybridized carbons (Fsp3) is 0.412. The summed E-state index contributed by atoms with van der Waals surface area (Å²) >= 11 is 0.960. The normalized spacial score (nSPS) is 13.6. The molecule has 4 nitrogen and oxygen atoms in total. The van der Waals surface area contributed by atoms with Gasteiger partial charge in [0, 0.05) is 11.9 Å². The van der Waals surface area contributed by atoms with Gasteiger partial charge in [0.15, 0.2) is 11.7 Å². The van der Waals surface area contributed by atoms with Gasteiger partial charge in [0.1, 0.15) is 5.01 Å². The van der Waals surface area contributed by atoms with Gasteiger partial charge in [-0.3, -0.25) is 0 Å². The molecule has 0 saturated carbocycles. The van der Waals surface area contributed by atoms with Crippen LogP contribution in [0.2, 0.25) is 0 Å². The molecule has 0 aliphatic carbocycles. The van der Waals surface area contributed by atoms with Crippen LogP contribution in [0.5, 0.6) is 0 Å². The minimum Gasteiger partial charge on any atom is -0.357 e. The first kappa shape index (κ1) is 19.2. The fourth-order valence-corrected chi connectivity index (χ4v) is 3.06. The number of aromatic nitrogens is 1. The van der Waals surface area contributed by atoms with Gasteiger partial charge in [-0.1, -0.05) is 24.3 Å². The van der Waals surface area contributed by atoms with E-state index < -0.39 is 11.9 Å². The largest absolute Gasteiger partial charge is 0.434 e. The van der Waals surface area contributed by atoms with Crippen LogP contribution in [0.15, 0.2) is 34.6 Å². The van der Waals surface area contributed by atoms with Crippen LogP contribution in [0.1, 0.15) is 41.7 Å². The first-order valence-corrected chi connectivity index (χ1v) is 8.81. The number of aliphatic imine (C=N–C) groups is 1. The molecule has 25 heavy (non-hydrogen) atoms. The van der Waals surface area contributed by atoms with Crippen LogP contribution in [-0.2, 0) is 12.7 Å². The molecule has 1 aromatic carbocycles. The molecule has 0 radical (unpaired) electrons. The van der Waals surface area contributed by atoms with Crippen LogP contribution in [0.3, 0.4) is 0 Å². The zero-order chi connectivity index (χ0) is 18.4. The van der Waals surface area contributed by atoms with E-state index in [1.165, 1.54) is 0 Å².